The molecule has 2 aromatic carbocycles. The fourth-order valence-electron chi connectivity index (χ4n) is 4.23. The first-order chi connectivity index (χ1) is 17.7. The molecule has 1 aromatic heterocycles. The zero-order chi connectivity index (χ0) is 26.7. The van der Waals surface area contributed by atoms with Crippen molar-refractivity contribution in [2.45, 2.75) is 33.2 Å². The van der Waals surface area contributed by atoms with Gasteiger partial charge in [0.15, 0.2) is 0 Å². The largest absolute Gasteiger partial charge is 0.466 e. The number of carbonyl (C=O) groups is 2. The third-order valence-corrected chi connectivity index (χ3v) is 7.05. The summed E-state index contributed by atoms with van der Waals surface area (Å²) >= 11 is 12.6. The zero-order valence-electron chi connectivity index (χ0n) is 20.4. The molecule has 11 heteroatoms. The summed E-state index contributed by atoms with van der Waals surface area (Å²) in [5.41, 5.74) is -0.412. The number of hydrogen-bond donors (Lipinski definition) is 0. The van der Waals surface area contributed by atoms with Crippen LogP contribution in [0.15, 0.2) is 52.1 Å². The molecule has 0 bridgehead atoms. The topological polar surface area (TPSA) is 104 Å². The van der Waals surface area contributed by atoms with Gasteiger partial charge in [0.2, 0.25) is 5.69 Å². The molecule has 9 nitrogen and oxygen atoms in total. The number of amides is 1. The van der Waals surface area contributed by atoms with E-state index in [0.717, 1.165) is 14.8 Å². The maximum absolute atomic E-state index is 13.6. The minimum Gasteiger partial charge on any atom is -0.466 e. The van der Waals surface area contributed by atoms with Crippen molar-refractivity contribution in [3.63, 3.8) is 0 Å². The Morgan fingerprint density at radius 2 is 1.86 bits per heavy atom. The SMILES string of the molecule is CCOC(=O)[C@@H]1CCCN(C(=O)c2nn(-c3ccc(C)c(Cl)c3)c(=O)n(Cc3ccccc3Cl)c2=O)C1. The van der Waals surface area contributed by atoms with Gasteiger partial charge < -0.3 is 9.64 Å². The number of rotatable bonds is 6. The van der Waals surface area contributed by atoms with Crippen LogP contribution >= 0.6 is 23.2 Å². The molecule has 0 saturated carbocycles. The molecule has 0 spiro atoms. The minimum absolute atomic E-state index is 0.0960. The van der Waals surface area contributed by atoms with Crippen LogP contribution in [0.1, 0.15) is 41.4 Å². The van der Waals surface area contributed by atoms with Gasteiger partial charge >= 0.3 is 11.7 Å². The molecule has 1 aliphatic rings. The molecule has 0 N–H and O–H groups in total. The Morgan fingerprint density at radius 3 is 2.57 bits per heavy atom. The van der Waals surface area contributed by atoms with Crippen molar-refractivity contribution >= 4 is 35.1 Å². The molecule has 0 radical (unpaired) electrons. The predicted octanol–water partition coefficient (Wildman–Crippen LogP) is 3.47. The Balaban J connectivity index is 1.82. The molecule has 37 heavy (non-hydrogen) atoms. The fourth-order valence-corrected chi connectivity index (χ4v) is 4.60. The van der Waals surface area contributed by atoms with E-state index in [0.29, 0.717) is 40.7 Å². The lowest BCUT2D eigenvalue weighted by Crippen LogP contribution is -2.49. The quantitative estimate of drug-likeness (QED) is 0.440. The van der Waals surface area contributed by atoms with Crippen molar-refractivity contribution in [1.29, 1.82) is 0 Å². The normalized spacial score (nSPS) is 15.5. The number of ether oxygens (including phenoxy) is 1. The van der Waals surface area contributed by atoms with Crippen molar-refractivity contribution in [1.82, 2.24) is 19.2 Å². The van der Waals surface area contributed by atoms with Crippen LogP contribution in [0.4, 0.5) is 0 Å². The predicted molar refractivity (Wildman–Crippen MR) is 140 cm³/mol. The van der Waals surface area contributed by atoms with Gasteiger partial charge in [0.1, 0.15) is 0 Å². The number of aromatic nitrogens is 3. The van der Waals surface area contributed by atoms with Crippen LogP contribution < -0.4 is 11.2 Å². The summed E-state index contributed by atoms with van der Waals surface area (Å²) in [6.07, 6.45) is 1.14. The first-order valence-corrected chi connectivity index (χ1v) is 12.7. The number of benzene rings is 2. The van der Waals surface area contributed by atoms with Crippen LogP contribution in [0, 0.1) is 12.8 Å². The first kappa shape index (κ1) is 26.6. The summed E-state index contributed by atoms with van der Waals surface area (Å²) in [5.74, 6) is -1.55. The zero-order valence-corrected chi connectivity index (χ0v) is 22.0. The second-order valence-electron chi connectivity index (χ2n) is 8.80. The number of esters is 1. The molecular weight excluding hydrogens is 519 g/mol. The molecule has 0 unspecified atom stereocenters. The van der Waals surface area contributed by atoms with Crippen molar-refractivity contribution in [3.05, 3.63) is 90.2 Å². The van der Waals surface area contributed by atoms with Gasteiger partial charge in [-0.1, -0.05) is 47.5 Å². The van der Waals surface area contributed by atoms with Crippen LogP contribution in [0.5, 0.6) is 0 Å². The van der Waals surface area contributed by atoms with Gasteiger partial charge in [0.05, 0.1) is 24.8 Å². The molecule has 0 aliphatic carbocycles. The van der Waals surface area contributed by atoms with Gasteiger partial charge in [-0.3, -0.25) is 19.0 Å². The molecule has 1 saturated heterocycles. The lowest BCUT2D eigenvalue weighted by molar-refractivity contribution is -0.149. The highest BCUT2D eigenvalue weighted by atomic mass is 35.5. The number of carbonyl (C=O) groups excluding carboxylic acids is 2. The van der Waals surface area contributed by atoms with Crippen molar-refractivity contribution in [3.8, 4) is 5.69 Å². The van der Waals surface area contributed by atoms with E-state index in [4.69, 9.17) is 27.9 Å². The van der Waals surface area contributed by atoms with Crippen LogP contribution in [0.25, 0.3) is 5.69 Å². The van der Waals surface area contributed by atoms with Gasteiger partial charge in [0, 0.05) is 23.1 Å². The highest BCUT2D eigenvalue weighted by Gasteiger charge is 2.32. The first-order valence-electron chi connectivity index (χ1n) is 11.9. The van der Waals surface area contributed by atoms with Gasteiger partial charge in [-0.2, -0.15) is 9.78 Å². The van der Waals surface area contributed by atoms with E-state index >= 15 is 0 Å². The van der Waals surface area contributed by atoms with E-state index in [1.165, 1.54) is 4.90 Å². The number of hydrogen-bond acceptors (Lipinski definition) is 6. The van der Waals surface area contributed by atoms with Crippen LogP contribution in [0.2, 0.25) is 10.0 Å². The highest BCUT2D eigenvalue weighted by molar-refractivity contribution is 6.31. The van der Waals surface area contributed by atoms with E-state index in [2.05, 4.69) is 5.10 Å². The summed E-state index contributed by atoms with van der Waals surface area (Å²) in [7, 11) is 0. The molecule has 1 amide bonds. The molecule has 1 aliphatic heterocycles. The monoisotopic (exact) mass is 544 g/mol. The standard InChI is InChI=1S/C26H26Cl2N4O5/c1-3-37-25(35)18-8-6-12-30(14-18)23(33)22-24(34)31(15-17-7-4-5-9-20(17)27)26(36)32(29-22)19-11-10-16(2)21(28)13-19/h4-5,7,9-11,13,18H,3,6,8,12,14-15H2,1-2H3/t18-/m1/s1. The smallest absolute Gasteiger partial charge is 0.352 e. The summed E-state index contributed by atoms with van der Waals surface area (Å²) in [5, 5.41) is 4.96. The maximum Gasteiger partial charge on any atom is 0.352 e. The average molecular weight is 545 g/mol. The number of nitrogens with zero attached hydrogens (tertiary/aromatic N) is 4. The van der Waals surface area contributed by atoms with E-state index in [1.807, 2.05) is 6.92 Å². The Kier molecular flexibility index (Phi) is 8.14. The summed E-state index contributed by atoms with van der Waals surface area (Å²) < 4.78 is 7.04. The molecule has 2 heterocycles. The molecular formula is C26H26Cl2N4O5. The lowest BCUT2D eigenvalue weighted by atomic mass is 9.98. The average Bonchev–Trinajstić information content (AvgIpc) is 2.89. The van der Waals surface area contributed by atoms with E-state index in [-0.39, 0.29) is 25.7 Å². The van der Waals surface area contributed by atoms with Crippen molar-refractivity contribution < 1.29 is 14.3 Å². The van der Waals surface area contributed by atoms with E-state index < -0.39 is 28.8 Å². The number of aryl methyl sites for hydroxylation is 1. The van der Waals surface area contributed by atoms with Gasteiger partial charge in [-0.15, -0.1) is 0 Å². The summed E-state index contributed by atoms with van der Waals surface area (Å²) in [6, 6.07) is 11.7. The fraction of sp³-hybridized carbons (Fsp3) is 0.346. The second-order valence-corrected chi connectivity index (χ2v) is 9.62. The third kappa shape index (κ3) is 5.62. The van der Waals surface area contributed by atoms with Crippen LogP contribution in [0.3, 0.4) is 0 Å². The Morgan fingerprint density at radius 1 is 1.11 bits per heavy atom. The van der Waals surface area contributed by atoms with Crippen LogP contribution in [-0.2, 0) is 16.1 Å². The Labute approximate surface area is 223 Å². The molecule has 1 atom stereocenters. The molecule has 4 rings (SSSR count). The van der Waals surface area contributed by atoms with Gasteiger partial charge in [-0.25, -0.2) is 4.79 Å². The lowest BCUT2D eigenvalue weighted by Gasteiger charge is -2.31. The van der Waals surface area contributed by atoms with Crippen LogP contribution in [-0.4, -0.2) is 50.8 Å². The Hall–Kier alpha value is -3.43. The number of likely N-dealkylation sites (tertiary alicyclic amines) is 1. The summed E-state index contributed by atoms with van der Waals surface area (Å²) in [4.78, 5) is 54.2. The summed E-state index contributed by atoms with van der Waals surface area (Å²) in [6.45, 7) is 4.04. The highest BCUT2D eigenvalue weighted by Crippen LogP contribution is 2.21. The maximum atomic E-state index is 13.6. The van der Waals surface area contributed by atoms with E-state index in [1.54, 1.807) is 49.4 Å². The Bertz CT molecular complexity index is 1470. The number of halogens is 2. The van der Waals surface area contributed by atoms with E-state index in [9.17, 15) is 19.2 Å². The van der Waals surface area contributed by atoms with Crippen molar-refractivity contribution in [2.75, 3.05) is 19.7 Å². The third-order valence-electron chi connectivity index (χ3n) is 6.28. The van der Waals surface area contributed by atoms with Gasteiger partial charge in [0.25, 0.3) is 11.5 Å². The minimum atomic E-state index is -0.845. The molecule has 1 fully saturated rings. The second kappa shape index (κ2) is 11.3. The number of piperidine rings is 1. The van der Waals surface area contributed by atoms with Crippen molar-refractivity contribution in [2.24, 2.45) is 5.92 Å². The molecule has 3 aromatic rings. The molecule has 194 valence electrons. The van der Waals surface area contributed by atoms with Gasteiger partial charge in [-0.05, 0) is 56.0 Å².